The molecule has 90 valence electrons. The molecule has 1 aromatic heterocycles. The first kappa shape index (κ1) is 12.0. The fourth-order valence-electron chi connectivity index (χ4n) is 1.41. The minimum atomic E-state index is -0.660. The van der Waals surface area contributed by atoms with E-state index < -0.39 is 6.10 Å². The van der Waals surface area contributed by atoms with E-state index in [2.05, 4.69) is 10.3 Å². The predicted octanol–water partition coefficient (Wildman–Crippen LogP) is 2.17. The number of aliphatic hydroxyl groups excluding tert-OH is 1. The molecule has 0 fully saturated rings. The highest BCUT2D eigenvalue weighted by molar-refractivity contribution is 6.31. The number of benzene rings is 1. The molecule has 1 unspecified atom stereocenters. The maximum absolute atomic E-state index is 12.8. The van der Waals surface area contributed by atoms with Crippen LogP contribution in [-0.2, 0) is 6.54 Å². The first-order valence-corrected chi connectivity index (χ1v) is 5.46. The first-order valence-electron chi connectivity index (χ1n) is 5.08. The van der Waals surface area contributed by atoms with Gasteiger partial charge >= 0.3 is 0 Å². The Balaban J connectivity index is 2.19. The molecule has 0 aliphatic carbocycles. The summed E-state index contributed by atoms with van der Waals surface area (Å²) in [5.74, 6) is -0.373. The second-order valence-electron chi connectivity index (χ2n) is 3.75. The molecule has 0 saturated carbocycles. The van der Waals surface area contributed by atoms with Crippen LogP contribution in [0.2, 0.25) is 5.02 Å². The lowest BCUT2D eigenvalue weighted by atomic mass is 10.2. The lowest BCUT2D eigenvalue weighted by Gasteiger charge is -2.03. The van der Waals surface area contributed by atoms with E-state index in [9.17, 15) is 9.50 Å². The molecular formula is C11H11ClFN3O. The highest BCUT2D eigenvalue weighted by atomic mass is 35.5. The van der Waals surface area contributed by atoms with Crippen molar-refractivity contribution in [3.8, 4) is 0 Å². The maximum atomic E-state index is 12.8. The van der Waals surface area contributed by atoms with Gasteiger partial charge in [-0.15, -0.1) is 5.10 Å². The molecule has 2 rings (SSSR count). The summed E-state index contributed by atoms with van der Waals surface area (Å²) in [7, 11) is 0. The summed E-state index contributed by atoms with van der Waals surface area (Å²) < 4.78 is 14.4. The second kappa shape index (κ2) is 4.81. The topological polar surface area (TPSA) is 50.9 Å². The number of nitrogens with zero attached hydrogens (tertiary/aromatic N) is 3. The van der Waals surface area contributed by atoms with Gasteiger partial charge in [0.15, 0.2) is 0 Å². The first-order chi connectivity index (χ1) is 8.06. The molecule has 1 aromatic carbocycles. The average molecular weight is 256 g/mol. The van der Waals surface area contributed by atoms with Gasteiger partial charge in [0.05, 0.1) is 18.8 Å². The van der Waals surface area contributed by atoms with Gasteiger partial charge in [0.1, 0.15) is 11.5 Å². The minimum absolute atomic E-state index is 0.346. The van der Waals surface area contributed by atoms with Gasteiger partial charge in [-0.2, -0.15) is 0 Å². The number of hydrogen-bond acceptors (Lipinski definition) is 3. The SMILES string of the molecule is CC(O)c1cn(Cc2ccc(F)cc2Cl)nn1. The molecule has 1 atom stereocenters. The molecule has 2 aromatic rings. The van der Waals surface area contributed by atoms with Crippen molar-refractivity contribution in [3.63, 3.8) is 0 Å². The quantitative estimate of drug-likeness (QED) is 0.915. The van der Waals surface area contributed by atoms with Crippen molar-refractivity contribution >= 4 is 11.6 Å². The molecule has 0 saturated heterocycles. The highest BCUT2D eigenvalue weighted by Gasteiger charge is 2.08. The van der Waals surface area contributed by atoms with Crippen molar-refractivity contribution in [1.29, 1.82) is 0 Å². The monoisotopic (exact) mass is 255 g/mol. The van der Waals surface area contributed by atoms with Crippen LogP contribution in [0.25, 0.3) is 0 Å². The Hall–Kier alpha value is -1.46. The van der Waals surface area contributed by atoms with Gasteiger partial charge in [0.25, 0.3) is 0 Å². The Bertz CT molecular complexity index is 527. The largest absolute Gasteiger partial charge is 0.387 e. The second-order valence-corrected chi connectivity index (χ2v) is 4.16. The Morgan fingerprint density at radius 1 is 1.53 bits per heavy atom. The Morgan fingerprint density at radius 3 is 2.88 bits per heavy atom. The Labute approximate surface area is 103 Å². The zero-order chi connectivity index (χ0) is 12.4. The van der Waals surface area contributed by atoms with Crippen LogP contribution in [0.1, 0.15) is 24.3 Å². The van der Waals surface area contributed by atoms with E-state index in [1.807, 2.05) is 0 Å². The summed E-state index contributed by atoms with van der Waals surface area (Å²) in [5.41, 5.74) is 1.23. The van der Waals surface area contributed by atoms with Crippen molar-refractivity contribution in [2.75, 3.05) is 0 Å². The zero-order valence-corrected chi connectivity index (χ0v) is 9.89. The molecular weight excluding hydrogens is 245 g/mol. The fourth-order valence-corrected chi connectivity index (χ4v) is 1.63. The maximum Gasteiger partial charge on any atom is 0.124 e. The zero-order valence-electron chi connectivity index (χ0n) is 9.14. The van der Waals surface area contributed by atoms with Gasteiger partial charge in [-0.25, -0.2) is 9.07 Å². The molecule has 1 heterocycles. The van der Waals surface area contributed by atoms with Crippen molar-refractivity contribution in [1.82, 2.24) is 15.0 Å². The third-order valence-corrected chi connectivity index (χ3v) is 2.68. The van der Waals surface area contributed by atoms with Crippen LogP contribution in [0.15, 0.2) is 24.4 Å². The van der Waals surface area contributed by atoms with Crippen LogP contribution < -0.4 is 0 Å². The van der Waals surface area contributed by atoms with Gasteiger partial charge in [-0.05, 0) is 24.6 Å². The lowest BCUT2D eigenvalue weighted by Crippen LogP contribution is -2.01. The smallest absolute Gasteiger partial charge is 0.124 e. The number of halogens is 2. The van der Waals surface area contributed by atoms with Gasteiger partial charge in [-0.1, -0.05) is 22.9 Å². The summed E-state index contributed by atoms with van der Waals surface area (Å²) >= 11 is 5.90. The molecule has 0 aliphatic heterocycles. The molecule has 0 radical (unpaired) electrons. The average Bonchev–Trinajstić information content (AvgIpc) is 2.71. The van der Waals surface area contributed by atoms with Gasteiger partial charge in [-0.3, -0.25) is 0 Å². The molecule has 0 aliphatic rings. The molecule has 0 spiro atoms. The van der Waals surface area contributed by atoms with E-state index in [1.165, 1.54) is 12.1 Å². The Kier molecular flexibility index (Phi) is 3.40. The van der Waals surface area contributed by atoms with Crippen LogP contribution in [0.4, 0.5) is 4.39 Å². The van der Waals surface area contributed by atoms with E-state index in [0.29, 0.717) is 17.3 Å². The highest BCUT2D eigenvalue weighted by Crippen LogP contribution is 2.18. The molecule has 0 bridgehead atoms. The van der Waals surface area contributed by atoms with Crippen molar-refractivity contribution in [3.05, 3.63) is 46.5 Å². The fraction of sp³-hybridized carbons (Fsp3) is 0.273. The van der Waals surface area contributed by atoms with Crippen molar-refractivity contribution in [2.24, 2.45) is 0 Å². The standard InChI is InChI=1S/C11H11ClFN3O/c1-7(17)11-6-16(15-14-11)5-8-2-3-9(13)4-10(8)12/h2-4,6-7,17H,5H2,1H3. The van der Waals surface area contributed by atoms with E-state index in [0.717, 1.165) is 5.56 Å². The van der Waals surface area contributed by atoms with Crippen molar-refractivity contribution in [2.45, 2.75) is 19.6 Å². The number of hydrogen-bond donors (Lipinski definition) is 1. The van der Waals surface area contributed by atoms with Crippen LogP contribution in [-0.4, -0.2) is 20.1 Å². The molecule has 17 heavy (non-hydrogen) atoms. The number of aromatic nitrogens is 3. The van der Waals surface area contributed by atoms with Gasteiger partial charge < -0.3 is 5.11 Å². The minimum Gasteiger partial charge on any atom is -0.387 e. The number of rotatable bonds is 3. The van der Waals surface area contributed by atoms with E-state index in [4.69, 9.17) is 11.6 Å². The molecule has 0 amide bonds. The summed E-state index contributed by atoms with van der Waals surface area (Å²) in [6.07, 6.45) is 0.970. The van der Waals surface area contributed by atoms with E-state index in [-0.39, 0.29) is 5.82 Å². The normalized spacial score (nSPS) is 12.7. The predicted molar refractivity (Wildman–Crippen MR) is 61.2 cm³/mol. The molecule has 1 N–H and O–H groups in total. The Morgan fingerprint density at radius 2 is 2.29 bits per heavy atom. The van der Waals surface area contributed by atoms with Crippen LogP contribution in [0, 0.1) is 5.82 Å². The van der Waals surface area contributed by atoms with Gasteiger partial charge in [0, 0.05) is 5.02 Å². The molecule has 6 heteroatoms. The molecule has 4 nitrogen and oxygen atoms in total. The van der Waals surface area contributed by atoms with Gasteiger partial charge in [0.2, 0.25) is 0 Å². The summed E-state index contributed by atoms with van der Waals surface area (Å²) in [5, 5.41) is 17.3. The van der Waals surface area contributed by atoms with Crippen LogP contribution >= 0.6 is 11.6 Å². The van der Waals surface area contributed by atoms with Crippen LogP contribution in [0.5, 0.6) is 0 Å². The van der Waals surface area contributed by atoms with E-state index in [1.54, 1.807) is 23.9 Å². The number of aliphatic hydroxyl groups is 1. The lowest BCUT2D eigenvalue weighted by molar-refractivity contribution is 0.194. The van der Waals surface area contributed by atoms with E-state index >= 15 is 0 Å². The van der Waals surface area contributed by atoms with Crippen LogP contribution in [0.3, 0.4) is 0 Å². The van der Waals surface area contributed by atoms with Crippen molar-refractivity contribution < 1.29 is 9.50 Å². The summed E-state index contributed by atoms with van der Waals surface area (Å²) in [6, 6.07) is 4.19. The third-order valence-electron chi connectivity index (χ3n) is 2.33. The summed E-state index contributed by atoms with van der Waals surface area (Å²) in [6.45, 7) is 2.00. The third kappa shape index (κ3) is 2.81. The summed E-state index contributed by atoms with van der Waals surface area (Å²) in [4.78, 5) is 0.